The van der Waals surface area contributed by atoms with E-state index < -0.39 is 0 Å². The lowest BCUT2D eigenvalue weighted by atomic mass is 10.2. The van der Waals surface area contributed by atoms with Crippen molar-refractivity contribution in [2.75, 3.05) is 11.9 Å². The molecule has 0 saturated heterocycles. The van der Waals surface area contributed by atoms with Gasteiger partial charge in [-0.2, -0.15) is 0 Å². The Bertz CT molecular complexity index is 329. The van der Waals surface area contributed by atoms with Crippen LogP contribution in [0, 0.1) is 6.92 Å². The number of para-hydroxylation sites is 1. The van der Waals surface area contributed by atoms with Crippen molar-refractivity contribution in [3.63, 3.8) is 0 Å². The number of nitrogens with zero attached hydrogens (tertiary/aromatic N) is 1. The molecule has 0 bridgehead atoms. The molecule has 13 heavy (non-hydrogen) atoms. The molecular formula is C11H14N2. The molecule has 1 heterocycles. The summed E-state index contributed by atoms with van der Waals surface area (Å²) < 4.78 is 0. The summed E-state index contributed by atoms with van der Waals surface area (Å²) in [5.41, 5.74) is 2.46. The molecule has 0 saturated carbocycles. The molecule has 0 aliphatic carbocycles. The third kappa shape index (κ3) is 1.89. The summed E-state index contributed by atoms with van der Waals surface area (Å²) in [6, 6.07) is 8.30. The van der Waals surface area contributed by atoms with Gasteiger partial charge in [0, 0.05) is 18.7 Å². The van der Waals surface area contributed by atoms with Crippen molar-refractivity contribution in [1.82, 2.24) is 0 Å². The highest BCUT2D eigenvalue weighted by molar-refractivity contribution is 5.96. The van der Waals surface area contributed by atoms with Gasteiger partial charge in [0.15, 0.2) is 0 Å². The Kier molecular flexibility index (Phi) is 2.30. The smallest absolute Gasteiger partial charge is 0.101 e. The zero-order valence-corrected chi connectivity index (χ0v) is 7.88. The van der Waals surface area contributed by atoms with Crippen molar-refractivity contribution < 1.29 is 0 Å². The van der Waals surface area contributed by atoms with Gasteiger partial charge in [-0.1, -0.05) is 18.2 Å². The highest BCUT2D eigenvalue weighted by Gasteiger charge is 2.06. The van der Waals surface area contributed by atoms with Gasteiger partial charge >= 0.3 is 0 Å². The summed E-state index contributed by atoms with van der Waals surface area (Å²) in [6.07, 6.45) is 2.28. The van der Waals surface area contributed by atoms with Crippen molar-refractivity contribution in [3.8, 4) is 0 Å². The number of hydrogen-bond donors (Lipinski definition) is 1. The first-order valence-electron chi connectivity index (χ1n) is 4.72. The van der Waals surface area contributed by atoms with Crippen molar-refractivity contribution >= 4 is 11.5 Å². The van der Waals surface area contributed by atoms with Gasteiger partial charge in [0.1, 0.15) is 5.84 Å². The molecule has 0 spiro atoms. The van der Waals surface area contributed by atoms with Gasteiger partial charge in [-0.3, -0.25) is 4.99 Å². The summed E-state index contributed by atoms with van der Waals surface area (Å²) in [5.74, 6) is 1.13. The zero-order chi connectivity index (χ0) is 9.10. The topological polar surface area (TPSA) is 24.4 Å². The Morgan fingerprint density at radius 2 is 2.15 bits per heavy atom. The van der Waals surface area contributed by atoms with Crippen LogP contribution in [0.5, 0.6) is 0 Å². The molecule has 0 aromatic heterocycles. The molecule has 0 fully saturated rings. The van der Waals surface area contributed by atoms with Crippen LogP contribution in [-0.2, 0) is 0 Å². The van der Waals surface area contributed by atoms with Gasteiger partial charge < -0.3 is 5.32 Å². The van der Waals surface area contributed by atoms with E-state index in [1.165, 1.54) is 17.7 Å². The molecule has 1 aromatic carbocycles. The second kappa shape index (κ2) is 3.60. The summed E-state index contributed by atoms with van der Waals surface area (Å²) >= 11 is 0. The van der Waals surface area contributed by atoms with Gasteiger partial charge in [0.05, 0.1) is 0 Å². The maximum atomic E-state index is 4.38. The van der Waals surface area contributed by atoms with Gasteiger partial charge in [-0.15, -0.1) is 0 Å². The number of aryl methyl sites for hydroxylation is 1. The Balaban J connectivity index is 2.13. The van der Waals surface area contributed by atoms with Crippen LogP contribution in [0.2, 0.25) is 0 Å². The predicted octanol–water partition coefficient (Wildman–Crippen LogP) is 2.60. The van der Waals surface area contributed by atoms with E-state index >= 15 is 0 Å². The molecule has 68 valence electrons. The van der Waals surface area contributed by atoms with Gasteiger partial charge in [-0.25, -0.2) is 0 Å². The summed E-state index contributed by atoms with van der Waals surface area (Å²) in [7, 11) is 0. The van der Waals surface area contributed by atoms with Crippen LogP contribution in [-0.4, -0.2) is 12.4 Å². The summed E-state index contributed by atoms with van der Waals surface area (Å²) in [5, 5.41) is 3.36. The number of rotatable bonds is 1. The first kappa shape index (κ1) is 8.30. The molecule has 2 rings (SSSR count). The van der Waals surface area contributed by atoms with E-state index in [-0.39, 0.29) is 0 Å². The lowest BCUT2D eigenvalue weighted by Gasteiger charge is -2.07. The van der Waals surface area contributed by atoms with Crippen LogP contribution >= 0.6 is 0 Å². The lowest BCUT2D eigenvalue weighted by molar-refractivity contribution is 0.951. The molecule has 1 aliphatic rings. The van der Waals surface area contributed by atoms with Gasteiger partial charge in [0.25, 0.3) is 0 Å². The fraction of sp³-hybridized carbons (Fsp3) is 0.364. The molecule has 2 heteroatoms. The minimum atomic E-state index is 0.980. The van der Waals surface area contributed by atoms with E-state index in [0.717, 1.165) is 18.8 Å². The highest BCUT2D eigenvalue weighted by Crippen LogP contribution is 2.15. The zero-order valence-electron chi connectivity index (χ0n) is 7.88. The van der Waals surface area contributed by atoms with E-state index in [2.05, 4.69) is 35.4 Å². The molecule has 0 radical (unpaired) electrons. The Labute approximate surface area is 78.7 Å². The second-order valence-corrected chi connectivity index (χ2v) is 3.37. The molecule has 0 atom stereocenters. The molecule has 2 nitrogen and oxygen atoms in total. The van der Waals surface area contributed by atoms with Gasteiger partial charge in [0.2, 0.25) is 0 Å². The Morgan fingerprint density at radius 3 is 2.85 bits per heavy atom. The largest absolute Gasteiger partial charge is 0.344 e. The maximum absolute atomic E-state index is 4.38. The minimum Gasteiger partial charge on any atom is -0.344 e. The standard InChI is InChI=1S/C11H14N2/c1-9-5-2-3-6-10(9)13-11-7-4-8-12-11/h2-3,5-6H,4,7-8H2,1H3,(H,12,13). The van der Waals surface area contributed by atoms with Crippen molar-refractivity contribution in [2.24, 2.45) is 4.99 Å². The highest BCUT2D eigenvalue weighted by atomic mass is 15.0. The van der Waals surface area contributed by atoms with Crippen molar-refractivity contribution in [1.29, 1.82) is 0 Å². The second-order valence-electron chi connectivity index (χ2n) is 3.37. The monoisotopic (exact) mass is 174 g/mol. The van der Waals surface area contributed by atoms with Crippen LogP contribution in [0.1, 0.15) is 18.4 Å². The number of aliphatic imine (C=N–C) groups is 1. The normalized spacial score (nSPS) is 15.6. The molecule has 0 unspecified atom stereocenters. The third-order valence-corrected chi connectivity index (χ3v) is 2.30. The molecule has 0 amide bonds. The van der Waals surface area contributed by atoms with Gasteiger partial charge in [-0.05, 0) is 25.0 Å². The van der Waals surface area contributed by atoms with E-state index in [0.29, 0.717) is 0 Å². The van der Waals surface area contributed by atoms with Crippen LogP contribution in [0.15, 0.2) is 29.3 Å². The summed E-state index contributed by atoms with van der Waals surface area (Å²) in [6.45, 7) is 3.09. The lowest BCUT2D eigenvalue weighted by Crippen LogP contribution is -2.09. The van der Waals surface area contributed by atoms with Crippen molar-refractivity contribution in [2.45, 2.75) is 19.8 Å². The first-order valence-corrected chi connectivity index (χ1v) is 4.72. The average Bonchev–Trinajstić information content (AvgIpc) is 2.61. The minimum absolute atomic E-state index is 0.980. The third-order valence-electron chi connectivity index (χ3n) is 2.30. The van der Waals surface area contributed by atoms with Crippen molar-refractivity contribution in [3.05, 3.63) is 29.8 Å². The fourth-order valence-electron chi connectivity index (χ4n) is 1.51. The van der Waals surface area contributed by atoms with E-state index in [4.69, 9.17) is 0 Å². The quantitative estimate of drug-likeness (QED) is 0.695. The number of hydrogen-bond acceptors (Lipinski definition) is 2. The number of amidine groups is 1. The van der Waals surface area contributed by atoms with E-state index in [1.54, 1.807) is 0 Å². The molecular weight excluding hydrogens is 160 g/mol. The molecule has 1 N–H and O–H groups in total. The number of nitrogens with one attached hydrogen (secondary N) is 1. The molecule has 1 aromatic rings. The van der Waals surface area contributed by atoms with Crippen LogP contribution < -0.4 is 5.32 Å². The summed E-state index contributed by atoms with van der Waals surface area (Å²) in [4.78, 5) is 4.38. The van der Waals surface area contributed by atoms with Crippen LogP contribution in [0.25, 0.3) is 0 Å². The van der Waals surface area contributed by atoms with Crippen LogP contribution in [0.4, 0.5) is 5.69 Å². The predicted molar refractivity (Wildman–Crippen MR) is 56.3 cm³/mol. The van der Waals surface area contributed by atoms with E-state index in [9.17, 15) is 0 Å². The average molecular weight is 174 g/mol. The molecule has 1 aliphatic heterocycles. The fourth-order valence-corrected chi connectivity index (χ4v) is 1.51. The maximum Gasteiger partial charge on any atom is 0.101 e. The number of benzene rings is 1. The Morgan fingerprint density at radius 1 is 1.31 bits per heavy atom. The Hall–Kier alpha value is -1.31. The number of anilines is 1. The first-order chi connectivity index (χ1) is 6.36. The van der Waals surface area contributed by atoms with E-state index in [1.807, 2.05) is 6.07 Å². The SMILES string of the molecule is Cc1ccccc1NC1=NCCC1. The van der Waals surface area contributed by atoms with Crippen LogP contribution in [0.3, 0.4) is 0 Å².